The lowest BCUT2D eigenvalue weighted by Crippen LogP contribution is -2.25. The fraction of sp³-hybridized carbons (Fsp3) is 0.308. The highest BCUT2D eigenvalue weighted by atomic mass is 16.4. The van der Waals surface area contributed by atoms with Gasteiger partial charge in [-0.15, -0.1) is 5.10 Å². The molecule has 0 aliphatic carbocycles. The van der Waals surface area contributed by atoms with Crippen molar-refractivity contribution in [3.8, 4) is 0 Å². The van der Waals surface area contributed by atoms with Crippen LogP contribution in [0.25, 0.3) is 0 Å². The summed E-state index contributed by atoms with van der Waals surface area (Å²) in [4.78, 5) is 12.7. The van der Waals surface area contributed by atoms with E-state index in [2.05, 4.69) is 10.3 Å². The molecular formula is C13H16N4O2. The summed E-state index contributed by atoms with van der Waals surface area (Å²) in [5.41, 5.74) is 1.80. The lowest BCUT2D eigenvalue weighted by molar-refractivity contribution is -0.136. The molecule has 0 aliphatic heterocycles. The van der Waals surface area contributed by atoms with Gasteiger partial charge in [0.1, 0.15) is 5.69 Å². The second-order valence-electron chi connectivity index (χ2n) is 4.28. The Morgan fingerprint density at radius 2 is 2.11 bits per heavy atom. The van der Waals surface area contributed by atoms with E-state index in [0.717, 1.165) is 11.4 Å². The average molecular weight is 260 g/mol. The standard InChI is InChI=1S/C13H16N4O2/c1-16-9-11(14-15-16)10-17(8-7-13(18)19)12-5-3-2-4-6-12/h2-6,9H,7-8,10H2,1H3,(H,18,19). The first-order valence-electron chi connectivity index (χ1n) is 6.02. The molecule has 1 N–H and O–H groups in total. The van der Waals surface area contributed by atoms with Crippen LogP contribution in [0.4, 0.5) is 5.69 Å². The van der Waals surface area contributed by atoms with Crippen LogP contribution < -0.4 is 4.90 Å². The third kappa shape index (κ3) is 3.80. The van der Waals surface area contributed by atoms with Gasteiger partial charge in [-0.3, -0.25) is 9.48 Å². The minimum atomic E-state index is -0.805. The summed E-state index contributed by atoms with van der Waals surface area (Å²) in [7, 11) is 1.81. The number of hydrogen-bond acceptors (Lipinski definition) is 4. The Kier molecular flexibility index (Phi) is 4.12. The highest BCUT2D eigenvalue weighted by Crippen LogP contribution is 2.16. The third-order valence-corrected chi connectivity index (χ3v) is 2.72. The van der Waals surface area contributed by atoms with Crippen molar-refractivity contribution in [1.29, 1.82) is 0 Å². The van der Waals surface area contributed by atoms with Gasteiger partial charge in [0.05, 0.1) is 13.0 Å². The zero-order valence-corrected chi connectivity index (χ0v) is 10.7. The number of carboxylic acids is 1. The van der Waals surface area contributed by atoms with E-state index >= 15 is 0 Å². The molecule has 0 unspecified atom stereocenters. The maximum absolute atomic E-state index is 10.7. The number of hydrogen-bond donors (Lipinski definition) is 1. The molecule has 0 atom stereocenters. The molecule has 1 aromatic carbocycles. The average Bonchev–Trinajstić information content (AvgIpc) is 2.81. The summed E-state index contributed by atoms with van der Waals surface area (Å²) in [5, 5.41) is 16.7. The molecule has 1 aromatic heterocycles. The lowest BCUT2D eigenvalue weighted by atomic mass is 10.2. The van der Waals surface area contributed by atoms with Gasteiger partial charge in [-0.2, -0.15) is 0 Å². The second kappa shape index (κ2) is 5.99. The number of anilines is 1. The molecule has 19 heavy (non-hydrogen) atoms. The van der Waals surface area contributed by atoms with Crippen molar-refractivity contribution >= 4 is 11.7 Å². The molecule has 100 valence electrons. The van der Waals surface area contributed by atoms with Gasteiger partial charge in [0.2, 0.25) is 0 Å². The number of aryl methyl sites for hydroxylation is 1. The molecule has 0 radical (unpaired) electrons. The van der Waals surface area contributed by atoms with Gasteiger partial charge < -0.3 is 10.0 Å². The van der Waals surface area contributed by atoms with E-state index in [1.54, 1.807) is 11.7 Å². The Labute approximate surface area is 111 Å². The molecule has 2 rings (SSSR count). The van der Waals surface area contributed by atoms with Gasteiger partial charge in [-0.05, 0) is 12.1 Å². The van der Waals surface area contributed by atoms with Crippen LogP contribution in [0, 0.1) is 0 Å². The van der Waals surface area contributed by atoms with Crippen molar-refractivity contribution < 1.29 is 9.90 Å². The molecule has 6 heteroatoms. The Bertz CT molecular complexity index is 539. The van der Waals surface area contributed by atoms with Crippen LogP contribution in [0.5, 0.6) is 0 Å². The number of carbonyl (C=O) groups is 1. The van der Waals surface area contributed by atoms with E-state index in [1.165, 1.54) is 0 Å². The fourth-order valence-corrected chi connectivity index (χ4v) is 1.83. The van der Waals surface area contributed by atoms with Crippen LogP contribution in [0.3, 0.4) is 0 Å². The highest BCUT2D eigenvalue weighted by molar-refractivity contribution is 5.67. The van der Waals surface area contributed by atoms with Crippen molar-refractivity contribution in [1.82, 2.24) is 15.0 Å². The van der Waals surface area contributed by atoms with Gasteiger partial charge in [0.15, 0.2) is 0 Å². The van der Waals surface area contributed by atoms with E-state index < -0.39 is 5.97 Å². The van der Waals surface area contributed by atoms with E-state index in [4.69, 9.17) is 5.11 Å². The Hall–Kier alpha value is -2.37. The molecule has 0 fully saturated rings. The number of para-hydroxylation sites is 1. The molecule has 0 spiro atoms. The quantitative estimate of drug-likeness (QED) is 0.847. The first-order chi connectivity index (χ1) is 9.15. The SMILES string of the molecule is Cn1cc(CN(CCC(=O)O)c2ccccc2)nn1. The molecular weight excluding hydrogens is 244 g/mol. The van der Waals surface area contributed by atoms with Crippen molar-refractivity contribution in [2.45, 2.75) is 13.0 Å². The van der Waals surface area contributed by atoms with Crippen molar-refractivity contribution in [2.75, 3.05) is 11.4 Å². The van der Waals surface area contributed by atoms with Gasteiger partial charge in [-0.25, -0.2) is 0 Å². The van der Waals surface area contributed by atoms with Crippen LogP contribution >= 0.6 is 0 Å². The summed E-state index contributed by atoms with van der Waals surface area (Å²) in [6.07, 6.45) is 1.92. The highest BCUT2D eigenvalue weighted by Gasteiger charge is 2.11. The van der Waals surface area contributed by atoms with Gasteiger partial charge in [0, 0.05) is 25.5 Å². The van der Waals surface area contributed by atoms with Crippen LogP contribution in [-0.4, -0.2) is 32.6 Å². The predicted molar refractivity (Wildman–Crippen MR) is 70.7 cm³/mol. The minimum Gasteiger partial charge on any atom is -0.481 e. The van der Waals surface area contributed by atoms with Crippen molar-refractivity contribution in [3.05, 3.63) is 42.2 Å². The summed E-state index contributed by atoms with van der Waals surface area (Å²) in [6.45, 7) is 0.987. The normalized spacial score (nSPS) is 10.4. The van der Waals surface area contributed by atoms with E-state index in [-0.39, 0.29) is 6.42 Å². The Morgan fingerprint density at radius 1 is 1.37 bits per heavy atom. The number of nitrogens with zero attached hydrogens (tertiary/aromatic N) is 4. The van der Waals surface area contributed by atoms with Crippen molar-refractivity contribution in [2.24, 2.45) is 7.05 Å². The minimum absolute atomic E-state index is 0.0924. The maximum atomic E-state index is 10.7. The first kappa shape index (κ1) is 13.1. The molecule has 0 saturated carbocycles. The number of aliphatic carboxylic acids is 1. The van der Waals surface area contributed by atoms with Crippen LogP contribution in [0.15, 0.2) is 36.5 Å². The summed E-state index contributed by atoms with van der Waals surface area (Å²) >= 11 is 0. The number of carboxylic acid groups (broad SMARTS) is 1. The van der Waals surface area contributed by atoms with Gasteiger partial charge in [0.25, 0.3) is 0 Å². The molecule has 0 bridgehead atoms. The third-order valence-electron chi connectivity index (χ3n) is 2.72. The summed E-state index contributed by atoms with van der Waals surface area (Å²) in [5.74, 6) is -0.805. The van der Waals surface area contributed by atoms with Crippen molar-refractivity contribution in [3.63, 3.8) is 0 Å². The molecule has 1 heterocycles. The van der Waals surface area contributed by atoms with E-state index in [0.29, 0.717) is 13.1 Å². The number of rotatable bonds is 6. The second-order valence-corrected chi connectivity index (χ2v) is 4.28. The van der Waals surface area contributed by atoms with Gasteiger partial charge in [-0.1, -0.05) is 23.4 Å². The topological polar surface area (TPSA) is 71.2 Å². The van der Waals surface area contributed by atoms with Crippen LogP contribution in [-0.2, 0) is 18.4 Å². The fourth-order valence-electron chi connectivity index (χ4n) is 1.83. The monoisotopic (exact) mass is 260 g/mol. The molecule has 2 aromatic rings. The van der Waals surface area contributed by atoms with E-state index in [1.807, 2.05) is 41.4 Å². The smallest absolute Gasteiger partial charge is 0.305 e. The van der Waals surface area contributed by atoms with Gasteiger partial charge >= 0.3 is 5.97 Å². The summed E-state index contributed by atoms with van der Waals surface area (Å²) < 4.78 is 1.63. The molecule has 6 nitrogen and oxygen atoms in total. The van der Waals surface area contributed by atoms with E-state index in [9.17, 15) is 4.79 Å². The maximum Gasteiger partial charge on any atom is 0.305 e. The zero-order valence-electron chi connectivity index (χ0n) is 10.7. The first-order valence-corrected chi connectivity index (χ1v) is 6.02. The zero-order chi connectivity index (χ0) is 13.7. The summed E-state index contributed by atoms with van der Waals surface area (Å²) in [6, 6.07) is 9.71. The predicted octanol–water partition coefficient (Wildman–Crippen LogP) is 1.30. The number of benzene rings is 1. The molecule has 0 amide bonds. The van der Waals surface area contributed by atoms with Crippen LogP contribution in [0.2, 0.25) is 0 Å². The molecule has 0 aliphatic rings. The molecule has 0 saturated heterocycles. The van der Waals surface area contributed by atoms with Crippen LogP contribution in [0.1, 0.15) is 12.1 Å². The largest absolute Gasteiger partial charge is 0.481 e. The Balaban J connectivity index is 2.12. The lowest BCUT2D eigenvalue weighted by Gasteiger charge is -2.22. The Morgan fingerprint density at radius 3 is 2.68 bits per heavy atom. The number of aromatic nitrogens is 3.